The number of likely N-dealkylation sites (N-methyl/N-ethyl adjacent to an activating group) is 1. The van der Waals surface area contributed by atoms with Crippen LogP contribution in [0.25, 0.3) is 0 Å². The summed E-state index contributed by atoms with van der Waals surface area (Å²) < 4.78 is 18.0. The van der Waals surface area contributed by atoms with Crippen LogP contribution in [-0.2, 0) is 4.79 Å². The topological polar surface area (TPSA) is 41.6 Å². The number of methoxy groups -OCH3 is 1. The molecular formula is C12H17FN2O2. The second-order valence-electron chi connectivity index (χ2n) is 3.95. The lowest BCUT2D eigenvalue weighted by Crippen LogP contribution is -2.36. The number of hydrogen-bond acceptors (Lipinski definition) is 3. The first-order chi connectivity index (χ1) is 7.95. The lowest BCUT2D eigenvalue weighted by molar-refractivity contribution is -0.129. The minimum Gasteiger partial charge on any atom is -0.494 e. The van der Waals surface area contributed by atoms with Gasteiger partial charge in [-0.25, -0.2) is 4.39 Å². The molecule has 1 aromatic rings. The van der Waals surface area contributed by atoms with Crippen LogP contribution in [0.1, 0.15) is 6.92 Å². The molecule has 0 fully saturated rings. The van der Waals surface area contributed by atoms with Crippen LogP contribution in [0.4, 0.5) is 10.1 Å². The van der Waals surface area contributed by atoms with Crippen LogP contribution in [0.5, 0.6) is 5.75 Å². The molecule has 1 N–H and O–H groups in total. The molecule has 0 spiro atoms. The third-order valence-electron chi connectivity index (χ3n) is 2.35. The summed E-state index contributed by atoms with van der Waals surface area (Å²) in [5.41, 5.74) is 0.644. The molecule has 4 nitrogen and oxygen atoms in total. The summed E-state index contributed by atoms with van der Waals surface area (Å²) in [7, 11) is 4.77. The number of carbonyl (C=O) groups is 1. The van der Waals surface area contributed by atoms with Crippen molar-refractivity contribution in [3.63, 3.8) is 0 Å². The minimum atomic E-state index is -0.426. The Morgan fingerprint density at radius 2 is 2.12 bits per heavy atom. The number of hydrogen-bond donors (Lipinski definition) is 1. The maximum Gasteiger partial charge on any atom is 0.244 e. The highest BCUT2D eigenvalue weighted by molar-refractivity contribution is 5.83. The molecule has 0 aliphatic heterocycles. The van der Waals surface area contributed by atoms with Gasteiger partial charge >= 0.3 is 0 Å². The maximum absolute atomic E-state index is 13.2. The average molecular weight is 240 g/mol. The number of anilines is 1. The summed E-state index contributed by atoms with van der Waals surface area (Å²) in [4.78, 5) is 13.1. The van der Waals surface area contributed by atoms with Crippen LogP contribution in [0.15, 0.2) is 18.2 Å². The zero-order chi connectivity index (χ0) is 13.0. The Bertz CT molecular complexity index is 407. The van der Waals surface area contributed by atoms with Crippen LogP contribution >= 0.6 is 0 Å². The summed E-state index contributed by atoms with van der Waals surface area (Å²) >= 11 is 0. The van der Waals surface area contributed by atoms with Gasteiger partial charge in [0.25, 0.3) is 0 Å². The molecule has 0 aromatic heterocycles. The average Bonchev–Trinajstić information content (AvgIpc) is 2.30. The molecule has 0 saturated carbocycles. The maximum atomic E-state index is 13.2. The van der Waals surface area contributed by atoms with Crippen molar-refractivity contribution in [2.24, 2.45) is 0 Å². The Kier molecular flexibility index (Phi) is 4.31. The number of nitrogens with zero attached hydrogens (tertiary/aromatic N) is 1. The summed E-state index contributed by atoms with van der Waals surface area (Å²) in [5.74, 6) is -0.322. The highest BCUT2D eigenvalue weighted by Gasteiger charge is 2.15. The quantitative estimate of drug-likeness (QED) is 0.871. The summed E-state index contributed by atoms with van der Waals surface area (Å²) in [6.07, 6.45) is 0. The molecule has 5 heteroatoms. The standard InChI is InChI=1S/C12H17FN2O2/c1-8(12(16)15(2)3)14-9-5-6-10(13)11(7-9)17-4/h5-8,14H,1-4H3. The predicted molar refractivity (Wildman–Crippen MR) is 64.7 cm³/mol. The Morgan fingerprint density at radius 1 is 1.47 bits per heavy atom. The SMILES string of the molecule is COc1cc(NC(C)C(=O)N(C)C)ccc1F. The fraction of sp³-hybridized carbons (Fsp3) is 0.417. The zero-order valence-corrected chi connectivity index (χ0v) is 10.5. The normalized spacial score (nSPS) is 11.8. The van der Waals surface area contributed by atoms with Crippen LogP contribution < -0.4 is 10.1 Å². The smallest absolute Gasteiger partial charge is 0.244 e. The lowest BCUT2D eigenvalue weighted by Gasteiger charge is -2.19. The fourth-order valence-corrected chi connectivity index (χ4v) is 1.45. The molecule has 0 heterocycles. The van der Waals surface area contributed by atoms with Gasteiger partial charge in [0.2, 0.25) is 5.91 Å². The first kappa shape index (κ1) is 13.3. The van der Waals surface area contributed by atoms with Crippen molar-refractivity contribution in [3.05, 3.63) is 24.0 Å². The first-order valence-electron chi connectivity index (χ1n) is 5.27. The van der Waals surface area contributed by atoms with Crippen LogP contribution in [-0.4, -0.2) is 38.1 Å². The second kappa shape index (κ2) is 5.52. The molecule has 0 radical (unpaired) electrons. The van der Waals surface area contributed by atoms with Crippen LogP contribution in [0.2, 0.25) is 0 Å². The predicted octanol–water partition coefficient (Wildman–Crippen LogP) is 1.72. The van der Waals surface area contributed by atoms with E-state index in [1.165, 1.54) is 24.1 Å². The van der Waals surface area contributed by atoms with E-state index in [9.17, 15) is 9.18 Å². The van der Waals surface area contributed by atoms with Gasteiger partial charge in [-0.3, -0.25) is 4.79 Å². The van der Waals surface area contributed by atoms with Gasteiger partial charge in [0.1, 0.15) is 6.04 Å². The van der Waals surface area contributed by atoms with Crippen molar-refractivity contribution < 1.29 is 13.9 Å². The molecule has 0 aliphatic rings. The monoisotopic (exact) mass is 240 g/mol. The summed E-state index contributed by atoms with van der Waals surface area (Å²) in [6.45, 7) is 1.75. The minimum absolute atomic E-state index is 0.0479. The van der Waals surface area contributed by atoms with E-state index in [1.807, 2.05) is 0 Å². The molecule has 94 valence electrons. The molecule has 1 atom stereocenters. The Balaban J connectivity index is 2.78. The van der Waals surface area contributed by atoms with Gasteiger partial charge in [0.05, 0.1) is 7.11 Å². The highest BCUT2D eigenvalue weighted by atomic mass is 19.1. The van der Waals surface area contributed by atoms with Crippen molar-refractivity contribution >= 4 is 11.6 Å². The molecule has 1 amide bonds. The van der Waals surface area contributed by atoms with Crippen molar-refractivity contribution in [3.8, 4) is 5.75 Å². The van der Waals surface area contributed by atoms with Crippen molar-refractivity contribution in [1.82, 2.24) is 4.90 Å². The van der Waals surface area contributed by atoms with Crippen molar-refractivity contribution in [1.29, 1.82) is 0 Å². The molecule has 17 heavy (non-hydrogen) atoms. The van der Waals surface area contributed by atoms with E-state index in [4.69, 9.17) is 4.74 Å². The summed E-state index contributed by atoms with van der Waals surface area (Å²) in [6, 6.07) is 4.01. The Labute approximate surface area is 100 Å². The Morgan fingerprint density at radius 3 is 2.65 bits per heavy atom. The van der Waals surface area contributed by atoms with Gasteiger partial charge in [-0.15, -0.1) is 0 Å². The third kappa shape index (κ3) is 3.34. The number of rotatable bonds is 4. The van der Waals surface area contributed by atoms with Gasteiger partial charge in [-0.2, -0.15) is 0 Å². The number of amides is 1. The van der Waals surface area contributed by atoms with E-state index in [0.29, 0.717) is 5.69 Å². The molecule has 0 aliphatic carbocycles. The Hall–Kier alpha value is -1.78. The van der Waals surface area contributed by atoms with Gasteiger partial charge in [0, 0.05) is 25.8 Å². The van der Waals surface area contributed by atoms with Crippen LogP contribution in [0, 0.1) is 5.82 Å². The largest absolute Gasteiger partial charge is 0.494 e. The van der Waals surface area contributed by atoms with Crippen molar-refractivity contribution in [2.45, 2.75) is 13.0 Å². The van der Waals surface area contributed by atoms with Gasteiger partial charge in [-0.1, -0.05) is 0 Å². The lowest BCUT2D eigenvalue weighted by atomic mass is 10.2. The van der Waals surface area contributed by atoms with Gasteiger partial charge in [0.15, 0.2) is 11.6 Å². The number of nitrogens with one attached hydrogen (secondary N) is 1. The number of ether oxygens (including phenoxy) is 1. The van der Waals surface area contributed by atoms with E-state index in [2.05, 4.69) is 5.32 Å². The molecule has 1 rings (SSSR count). The van der Waals surface area contributed by atoms with E-state index in [0.717, 1.165) is 0 Å². The third-order valence-corrected chi connectivity index (χ3v) is 2.35. The number of carbonyl (C=O) groups excluding carboxylic acids is 1. The van der Waals surface area contributed by atoms with E-state index in [-0.39, 0.29) is 17.7 Å². The summed E-state index contributed by atoms with van der Waals surface area (Å²) in [5, 5.41) is 2.99. The van der Waals surface area contributed by atoms with E-state index >= 15 is 0 Å². The van der Waals surface area contributed by atoms with Gasteiger partial charge in [-0.05, 0) is 19.1 Å². The van der Waals surface area contributed by atoms with Gasteiger partial charge < -0.3 is 15.0 Å². The fourth-order valence-electron chi connectivity index (χ4n) is 1.45. The van der Waals surface area contributed by atoms with E-state index in [1.54, 1.807) is 27.1 Å². The molecule has 1 unspecified atom stereocenters. The van der Waals surface area contributed by atoms with E-state index < -0.39 is 5.82 Å². The van der Waals surface area contributed by atoms with Crippen LogP contribution in [0.3, 0.4) is 0 Å². The number of benzene rings is 1. The molecular weight excluding hydrogens is 223 g/mol. The number of halogens is 1. The zero-order valence-electron chi connectivity index (χ0n) is 10.5. The highest BCUT2D eigenvalue weighted by Crippen LogP contribution is 2.21. The molecule has 0 saturated heterocycles. The molecule has 0 bridgehead atoms. The second-order valence-corrected chi connectivity index (χ2v) is 3.95. The molecule has 1 aromatic carbocycles. The first-order valence-corrected chi connectivity index (χ1v) is 5.27. The van der Waals surface area contributed by atoms with Crippen molar-refractivity contribution in [2.75, 3.05) is 26.5 Å².